The molecule has 0 spiro atoms. The molecular weight excluding hydrogens is 257 g/mol. The average molecular weight is 272 g/mol. The second-order valence-electron chi connectivity index (χ2n) is 4.48. The summed E-state index contributed by atoms with van der Waals surface area (Å²) in [7, 11) is 0. The molecule has 6 heteroatoms. The van der Waals surface area contributed by atoms with Crippen molar-refractivity contribution in [1.29, 1.82) is 0 Å². The summed E-state index contributed by atoms with van der Waals surface area (Å²) >= 11 is 0. The molecule has 1 heterocycles. The Morgan fingerprint density at radius 2 is 2.11 bits per heavy atom. The van der Waals surface area contributed by atoms with E-state index < -0.39 is 11.7 Å². The molecular formula is C13H15F3N2O. The number of benzene rings is 1. The van der Waals surface area contributed by atoms with E-state index in [1.807, 2.05) is 6.92 Å². The van der Waals surface area contributed by atoms with E-state index in [-0.39, 0.29) is 11.6 Å². The summed E-state index contributed by atoms with van der Waals surface area (Å²) in [5.41, 5.74) is 5.68. The lowest BCUT2D eigenvalue weighted by atomic mass is 10.1. The number of oxazole rings is 1. The van der Waals surface area contributed by atoms with E-state index in [4.69, 9.17) is 10.2 Å². The third-order valence-electron chi connectivity index (χ3n) is 2.92. The van der Waals surface area contributed by atoms with Crippen molar-refractivity contribution < 1.29 is 17.6 Å². The van der Waals surface area contributed by atoms with Crippen molar-refractivity contribution in [2.45, 2.75) is 38.4 Å². The lowest BCUT2D eigenvalue weighted by molar-refractivity contribution is -0.137. The van der Waals surface area contributed by atoms with Crippen molar-refractivity contribution in [2.75, 3.05) is 0 Å². The molecule has 104 valence electrons. The van der Waals surface area contributed by atoms with Gasteiger partial charge in [-0.05, 0) is 24.6 Å². The summed E-state index contributed by atoms with van der Waals surface area (Å²) < 4.78 is 43.1. The molecule has 0 fully saturated rings. The van der Waals surface area contributed by atoms with Gasteiger partial charge in [0, 0.05) is 0 Å². The maximum atomic E-state index is 12.6. The summed E-state index contributed by atoms with van der Waals surface area (Å²) in [5, 5.41) is 0. The Morgan fingerprint density at radius 1 is 1.37 bits per heavy atom. The Hall–Kier alpha value is -1.56. The minimum absolute atomic E-state index is 0.191. The highest BCUT2D eigenvalue weighted by Gasteiger charge is 2.31. The van der Waals surface area contributed by atoms with Crippen LogP contribution in [0.1, 0.15) is 43.7 Å². The van der Waals surface area contributed by atoms with Crippen LogP contribution in [0.5, 0.6) is 0 Å². The number of nitrogens with zero attached hydrogens (tertiary/aromatic N) is 1. The van der Waals surface area contributed by atoms with Gasteiger partial charge in [0.05, 0.1) is 11.6 Å². The number of rotatable bonds is 4. The van der Waals surface area contributed by atoms with Gasteiger partial charge < -0.3 is 10.2 Å². The summed E-state index contributed by atoms with van der Waals surface area (Å²) in [5.74, 6) is 0.294. The molecule has 0 saturated heterocycles. The van der Waals surface area contributed by atoms with E-state index in [1.54, 1.807) is 0 Å². The lowest BCUT2D eigenvalue weighted by Gasteiger charge is -2.04. The molecule has 0 bridgehead atoms. The van der Waals surface area contributed by atoms with Gasteiger partial charge >= 0.3 is 6.18 Å². The van der Waals surface area contributed by atoms with Gasteiger partial charge in [0.25, 0.3) is 0 Å². The molecule has 19 heavy (non-hydrogen) atoms. The van der Waals surface area contributed by atoms with E-state index in [0.717, 1.165) is 25.0 Å². The molecule has 3 nitrogen and oxygen atoms in total. The summed E-state index contributed by atoms with van der Waals surface area (Å²) in [4.78, 5) is 4.05. The van der Waals surface area contributed by atoms with Gasteiger partial charge in [0.1, 0.15) is 5.52 Å². The fraction of sp³-hybridized carbons (Fsp3) is 0.462. The van der Waals surface area contributed by atoms with E-state index in [9.17, 15) is 13.2 Å². The van der Waals surface area contributed by atoms with Crippen LogP contribution >= 0.6 is 0 Å². The predicted octanol–water partition coefficient (Wildman–Crippen LogP) is 4.04. The third kappa shape index (κ3) is 3.07. The Morgan fingerprint density at radius 3 is 2.74 bits per heavy atom. The standard InChI is InChI=1S/C13H15F3N2O/c1-2-3-4-9(17)12-18-10-7-8(13(14,15)16)5-6-11(10)19-12/h5-7,9H,2-4,17H2,1H3. The monoisotopic (exact) mass is 272 g/mol. The number of alkyl halides is 3. The van der Waals surface area contributed by atoms with Crippen LogP contribution in [0, 0.1) is 0 Å². The molecule has 0 amide bonds. The van der Waals surface area contributed by atoms with Crippen LogP contribution < -0.4 is 5.73 Å². The normalized spacial score (nSPS) is 13.9. The molecule has 0 aliphatic heterocycles. The largest absolute Gasteiger partial charge is 0.439 e. The topological polar surface area (TPSA) is 52.0 Å². The van der Waals surface area contributed by atoms with Crippen molar-refractivity contribution in [3.05, 3.63) is 29.7 Å². The van der Waals surface area contributed by atoms with Gasteiger partial charge in [-0.3, -0.25) is 0 Å². The number of nitrogens with two attached hydrogens (primary N) is 1. The number of halogens is 3. The molecule has 0 saturated carbocycles. The number of fused-ring (bicyclic) bond motifs is 1. The van der Waals surface area contributed by atoms with E-state index in [0.29, 0.717) is 17.9 Å². The quantitative estimate of drug-likeness (QED) is 0.913. The molecule has 0 aliphatic carbocycles. The van der Waals surface area contributed by atoms with Crippen LogP contribution in [0.2, 0.25) is 0 Å². The summed E-state index contributed by atoms with van der Waals surface area (Å²) in [6.45, 7) is 2.04. The predicted molar refractivity (Wildman–Crippen MR) is 65.5 cm³/mol. The van der Waals surface area contributed by atoms with Gasteiger partial charge in [-0.2, -0.15) is 13.2 Å². The molecule has 0 radical (unpaired) electrons. The van der Waals surface area contributed by atoms with Crippen LogP contribution in [0.15, 0.2) is 22.6 Å². The number of aromatic nitrogens is 1. The van der Waals surface area contributed by atoms with Crippen LogP contribution in [-0.4, -0.2) is 4.98 Å². The minimum Gasteiger partial charge on any atom is -0.439 e. The lowest BCUT2D eigenvalue weighted by Crippen LogP contribution is -2.10. The Bertz CT molecular complexity index is 563. The number of unbranched alkanes of at least 4 members (excludes halogenated alkanes) is 1. The fourth-order valence-corrected chi connectivity index (χ4v) is 1.83. The zero-order chi connectivity index (χ0) is 14.0. The maximum absolute atomic E-state index is 12.6. The van der Waals surface area contributed by atoms with Crippen molar-refractivity contribution in [3.63, 3.8) is 0 Å². The zero-order valence-corrected chi connectivity index (χ0v) is 10.5. The summed E-state index contributed by atoms with van der Waals surface area (Å²) in [6, 6.07) is 2.87. The Balaban J connectivity index is 2.30. The smallest absolute Gasteiger partial charge is 0.416 e. The van der Waals surface area contributed by atoms with Crippen LogP contribution in [-0.2, 0) is 6.18 Å². The first kappa shape index (κ1) is 13.9. The molecule has 2 rings (SSSR count). The second-order valence-corrected chi connectivity index (χ2v) is 4.48. The van der Waals surface area contributed by atoms with E-state index in [1.165, 1.54) is 6.07 Å². The molecule has 1 aromatic heterocycles. The molecule has 1 unspecified atom stereocenters. The van der Waals surface area contributed by atoms with Gasteiger partial charge in [-0.25, -0.2) is 4.98 Å². The minimum atomic E-state index is -4.38. The maximum Gasteiger partial charge on any atom is 0.416 e. The van der Waals surface area contributed by atoms with Crippen molar-refractivity contribution in [2.24, 2.45) is 5.73 Å². The summed E-state index contributed by atoms with van der Waals surface area (Å²) in [6.07, 6.45) is -1.76. The first-order valence-corrected chi connectivity index (χ1v) is 6.15. The molecule has 1 atom stereocenters. The van der Waals surface area contributed by atoms with Crippen LogP contribution in [0.4, 0.5) is 13.2 Å². The first-order chi connectivity index (χ1) is 8.91. The number of hydrogen-bond donors (Lipinski definition) is 1. The fourth-order valence-electron chi connectivity index (χ4n) is 1.83. The van der Waals surface area contributed by atoms with Crippen LogP contribution in [0.3, 0.4) is 0 Å². The molecule has 2 aromatic rings. The van der Waals surface area contributed by atoms with Gasteiger partial charge in [0.15, 0.2) is 5.58 Å². The van der Waals surface area contributed by atoms with E-state index in [2.05, 4.69) is 4.98 Å². The van der Waals surface area contributed by atoms with Gasteiger partial charge in [-0.1, -0.05) is 19.8 Å². The second kappa shape index (κ2) is 5.21. The zero-order valence-electron chi connectivity index (χ0n) is 10.5. The highest BCUT2D eigenvalue weighted by Crippen LogP contribution is 2.32. The molecule has 0 aliphatic rings. The van der Waals surface area contributed by atoms with Crippen molar-refractivity contribution in [3.8, 4) is 0 Å². The first-order valence-electron chi connectivity index (χ1n) is 6.15. The van der Waals surface area contributed by atoms with E-state index >= 15 is 0 Å². The van der Waals surface area contributed by atoms with Crippen molar-refractivity contribution >= 4 is 11.1 Å². The SMILES string of the molecule is CCCCC(N)c1nc2cc(C(F)(F)F)ccc2o1. The molecule has 2 N–H and O–H groups in total. The highest BCUT2D eigenvalue weighted by molar-refractivity contribution is 5.73. The Labute approximate surface area is 108 Å². The van der Waals surface area contributed by atoms with Gasteiger partial charge in [-0.15, -0.1) is 0 Å². The molecule has 1 aromatic carbocycles. The number of hydrogen-bond acceptors (Lipinski definition) is 3. The van der Waals surface area contributed by atoms with Gasteiger partial charge in [0.2, 0.25) is 5.89 Å². The van der Waals surface area contributed by atoms with Crippen molar-refractivity contribution in [1.82, 2.24) is 4.98 Å². The third-order valence-corrected chi connectivity index (χ3v) is 2.92. The Kier molecular flexibility index (Phi) is 3.80. The highest BCUT2D eigenvalue weighted by atomic mass is 19.4. The van der Waals surface area contributed by atoms with Crippen LogP contribution in [0.25, 0.3) is 11.1 Å². The average Bonchev–Trinajstić information content (AvgIpc) is 2.77.